The Morgan fingerprint density at radius 1 is 1.26 bits per heavy atom. The van der Waals surface area contributed by atoms with Crippen LogP contribution in [-0.4, -0.2) is 49.8 Å². The van der Waals surface area contributed by atoms with E-state index in [9.17, 15) is 4.39 Å². The van der Waals surface area contributed by atoms with Gasteiger partial charge in [-0.25, -0.2) is 14.4 Å². The molecule has 0 aliphatic carbocycles. The fourth-order valence-corrected chi connectivity index (χ4v) is 3.67. The summed E-state index contributed by atoms with van der Waals surface area (Å²) >= 11 is 0. The van der Waals surface area contributed by atoms with Gasteiger partial charge in [0.15, 0.2) is 29.1 Å². The summed E-state index contributed by atoms with van der Waals surface area (Å²) in [5.41, 5.74) is 1.06. The summed E-state index contributed by atoms with van der Waals surface area (Å²) in [6.45, 7) is 6.11. The second-order valence-corrected chi connectivity index (χ2v) is 7.41. The molecule has 0 amide bonds. The summed E-state index contributed by atoms with van der Waals surface area (Å²) in [7, 11) is 0. The van der Waals surface area contributed by atoms with Gasteiger partial charge in [-0.05, 0) is 43.2 Å². The molecule has 0 bridgehead atoms. The molecule has 1 aromatic heterocycles. The van der Waals surface area contributed by atoms with Gasteiger partial charge in [0, 0.05) is 38.3 Å². The highest BCUT2D eigenvalue weighted by Gasteiger charge is 2.26. The minimum absolute atomic E-state index is 0. The number of pyridine rings is 1. The molecular weight excluding hydrogens is 512 g/mol. The molecule has 1 atom stereocenters. The zero-order chi connectivity index (χ0) is 20.8. The van der Waals surface area contributed by atoms with E-state index in [1.54, 1.807) is 12.3 Å². The number of nitrogens with one attached hydrogen (secondary N) is 2. The monoisotopic (exact) mass is 541 g/mol. The van der Waals surface area contributed by atoms with Gasteiger partial charge in [0.1, 0.15) is 0 Å². The third-order valence-electron chi connectivity index (χ3n) is 5.14. The van der Waals surface area contributed by atoms with Gasteiger partial charge in [-0.1, -0.05) is 6.07 Å². The van der Waals surface area contributed by atoms with Crippen LogP contribution < -0.4 is 25.0 Å². The Kier molecular flexibility index (Phi) is 8.56. The predicted octanol–water partition coefficient (Wildman–Crippen LogP) is 3.33. The van der Waals surface area contributed by atoms with Crippen molar-refractivity contribution in [3.05, 3.63) is 47.9 Å². The van der Waals surface area contributed by atoms with Crippen molar-refractivity contribution in [1.29, 1.82) is 0 Å². The molecule has 168 valence electrons. The number of halogens is 2. The van der Waals surface area contributed by atoms with Gasteiger partial charge in [-0.2, -0.15) is 0 Å². The van der Waals surface area contributed by atoms with Crippen LogP contribution in [0.4, 0.5) is 10.2 Å². The molecule has 2 aromatic rings. The second-order valence-electron chi connectivity index (χ2n) is 7.41. The molecular formula is C22H29FIN5O2. The zero-order valence-corrected chi connectivity index (χ0v) is 20.0. The average Bonchev–Trinajstić information content (AvgIpc) is 3.08. The fraction of sp³-hybridized carbons (Fsp3) is 0.455. The predicted molar refractivity (Wildman–Crippen MR) is 130 cm³/mol. The van der Waals surface area contributed by atoms with Crippen LogP contribution in [0.3, 0.4) is 0 Å². The maximum Gasteiger partial charge on any atom is 0.191 e. The van der Waals surface area contributed by atoms with Gasteiger partial charge in [0.2, 0.25) is 0 Å². The van der Waals surface area contributed by atoms with E-state index in [0.29, 0.717) is 32.1 Å². The fourth-order valence-electron chi connectivity index (χ4n) is 3.67. The number of rotatable bonds is 5. The Morgan fingerprint density at radius 3 is 2.90 bits per heavy atom. The van der Waals surface area contributed by atoms with E-state index < -0.39 is 0 Å². The number of hydrogen-bond acceptors (Lipinski definition) is 5. The SMILES string of the molecule is CCNC(=NCc1ccc2c(c1)OCCCO2)NC1CCN(c2ncccc2F)C1.I. The summed E-state index contributed by atoms with van der Waals surface area (Å²) in [4.78, 5) is 10.9. The topological polar surface area (TPSA) is 71.0 Å². The summed E-state index contributed by atoms with van der Waals surface area (Å²) < 4.78 is 25.5. The minimum Gasteiger partial charge on any atom is -0.490 e. The van der Waals surface area contributed by atoms with E-state index in [1.807, 2.05) is 30.0 Å². The van der Waals surface area contributed by atoms with E-state index in [1.165, 1.54) is 6.07 Å². The summed E-state index contributed by atoms with van der Waals surface area (Å²) in [5, 5.41) is 6.76. The number of fused-ring (bicyclic) bond motifs is 1. The Balaban J connectivity index is 0.00000272. The summed E-state index contributed by atoms with van der Waals surface area (Å²) in [6, 6.07) is 9.19. The minimum atomic E-state index is -0.284. The lowest BCUT2D eigenvalue weighted by molar-refractivity contribution is 0.297. The number of ether oxygens (including phenoxy) is 2. The van der Waals surface area contributed by atoms with E-state index in [0.717, 1.165) is 49.0 Å². The standard InChI is InChI=1S/C22H28FN5O2.HI/c1-2-24-22(26-14-16-6-7-19-20(13-16)30-12-4-11-29-19)27-17-8-10-28(15-17)21-18(23)5-3-9-25-21;/h3,5-7,9,13,17H,2,4,8,10-12,14-15H2,1H3,(H2,24,26,27);1H. The second kappa shape index (κ2) is 11.4. The number of aliphatic imine (C=N–C) groups is 1. The number of aromatic nitrogens is 1. The molecule has 2 N–H and O–H groups in total. The van der Waals surface area contributed by atoms with Crippen molar-refractivity contribution in [1.82, 2.24) is 15.6 Å². The first kappa shape index (κ1) is 23.4. The number of nitrogens with zero attached hydrogens (tertiary/aromatic N) is 3. The highest BCUT2D eigenvalue weighted by molar-refractivity contribution is 14.0. The Morgan fingerprint density at radius 2 is 2.10 bits per heavy atom. The van der Waals surface area contributed by atoms with E-state index in [4.69, 9.17) is 14.5 Å². The molecule has 2 aliphatic rings. The lowest BCUT2D eigenvalue weighted by Gasteiger charge is -2.20. The third-order valence-corrected chi connectivity index (χ3v) is 5.14. The van der Waals surface area contributed by atoms with Crippen LogP contribution in [0.15, 0.2) is 41.5 Å². The van der Waals surface area contributed by atoms with E-state index >= 15 is 0 Å². The maximum absolute atomic E-state index is 14.0. The molecule has 31 heavy (non-hydrogen) atoms. The van der Waals surface area contributed by atoms with Gasteiger partial charge < -0.3 is 25.0 Å². The number of benzene rings is 1. The molecule has 2 aliphatic heterocycles. The van der Waals surface area contributed by atoms with Crippen LogP contribution in [0.1, 0.15) is 25.3 Å². The first-order valence-corrected chi connectivity index (χ1v) is 10.5. The van der Waals surface area contributed by atoms with Crippen molar-refractivity contribution in [3.8, 4) is 11.5 Å². The van der Waals surface area contributed by atoms with Gasteiger partial charge >= 0.3 is 0 Å². The maximum atomic E-state index is 14.0. The van der Waals surface area contributed by atoms with Gasteiger partial charge in [-0.3, -0.25) is 0 Å². The lowest BCUT2D eigenvalue weighted by Crippen LogP contribution is -2.44. The van der Waals surface area contributed by atoms with E-state index in [-0.39, 0.29) is 35.8 Å². The highest BCUT2D eigenvalue weighted by Crippen LogP contribution is 2.30. The average molecular weight is 541 g/mol. The summed E-state index contributed by atoms with van der Waals surface area (Å²) in [6.07, 6.45) is 3.40. The van der Waals surface area contributed by atoms with Crippen LogP contribution in [0.2, 0.25) is 0 Å². The van der Waals surface area contributed by atoms with E-state index in [2.05, 4.69) is 15.6 Å². The molecule has 1 aromatic carbocycles. The number of hydrogen-bond donors (Lipinski definition) is 2. The number of guanidine groups is 1. The highest BCUT2D eigenvalue weighted by atomic mass is 127. The van der Waals surface area contributed by atoms with Crippen molar-refractivity contribution in [2.75, 3.05) is 37.7 Å². The largest absolute Gasteiger partial charge is 0.490 e. The molecule has 4 rings (SSSR count). The van der Waals surface area contributed by atoms with Crippen LogP contribution in [-0.2, 0) is 6.54 Å². The van der Waals surface area contributed by atoms with Crippen LogP contribution in [0, 0.1) is 5.82 Å². The smallest absolute Gasteiger partial charge is 0.191 e. The zero-order valence-electron chi connectivity index (χ0n) is 17.6. The molecule has 1 fully saturated rings. The molecule has 0 radical (unpaired) electrons. The Bertz CT molecular complexity index is 898. The molecule has 3 heterocycles. The van der Waals surface area contributed by atoms with Gasteiger partial charge in [0.25, 0.3) is 0 Å². The Labute approximate surface area is 199 Å². The van der Waals surface area contributed by atoms with Crippen molar-refractivity contribution in [2.45, 2.75) is 32.4 Å². The lowest BCUT2D eigenvalue weighted by atomic mass is 10.2. The quantitative estimate of drug-likeness (QED) is 0.344. The molecule has 1 saturated heterocycles. The summed E-state index contributed by atoms with van der Waals surface area (Å²) in [5.74, 6) is 2.45. The van der Waals surface area contributed by atoms with Crippen LogP contribution in [0.5, 0.6) is 11.5 Å². The number of anilines is 1. The third kappa shape index (κ3) is 6.11. The normalized spacial score (nSPS) is 18.2. The van der Waals surface area contributed by atoms with Crippen molar-refractivity contribution in [3.63, 3.8) is 0 Å². The molecule has 0 spiro atoms. The van der Waals surface area contributed by atoms with Gasteiger partial charge in [-0.15, -0.1) is 24.0 Å². The van der Waals surface area contributed by atoms with Gasteiger partial charge in [0.05, 0.1) is 19.8 Å². The van der Waals surface area contributed by atoms with Crippen LogP contribution in [0.25, 0.3) is 0 Å². The van der Waals surface area contributed by atoms with Crippen molar-refractivity contribution in [2.24, 2.45) is 4.99 Å². The Hall–Kier alpha value is -2.30. The van der Waals surface area contributed by atoms with Crippen molar-refractivity contribution < 1.29 is 13.9 Å². The first-order chi connectivity index (χ1) is 14.7. The molecule has 0 saturated carbocycles. The molecule has 1 unspecified atom stereocenters. The molecule has 9 heteroatoms. The first-order valence-electron chi connectivity index (χ1n) is 10.5. The molecule has 7 nitrogen and oxygen atoms in total. The van der Waals surface area contributed by atoms with Crippen LogP contribution >= 0.6 is 24.0 Å². The van der Waals surface area contributed by atoms with Crippen molar-refractivity contribution >= 4 is 35.8 Å².